The molecule has 1 rings (SSSR count). The summed E-state index contributed by atoms with van der Waals surface area (Å²) in [5, 5.41) is 0. The minimum Gasteiger partial charge on any atom is -0.481 e. The Bertz CT molecular complexity index is 292. The molecule has 0 amide bonds. The number of terminal acetylenes is 1. The van der Waals surface area contributed by atoms with Crippen LogP contribution in [0.1, 0.15) is 5.56 Å². The van der Waals surface area contributed by atoms with Crippen molar-refractivity contribution in [2.75, 3.05) is 6.61 Å². The van der Waals surface area contributed by atoms with Gasteiger partial charge in [-0.2, -0.15) is 0 Å². The molecule has 0 fully saturated rings. The molecule has 0 aliphatic rings. The first-order chi connectivity index (χ1) is 6.36. The molecule has 1 aromatic rings. The fraction of sp³-hybridized carbons (Fsp3) is 0.200. The minimum atomic E-state index is 0. The van der Waals surface area contributed by atoms with E-state index in [2.05, 4.69) is 10.8 Å². The molecule has 0 bridgehead atoms. The van der Waals surface area contributed by atoms with E-state index in [1.165, 1.54) is 0 Å². The van der Waals surface area contributed by atoms with Gasteiger partial charge in [0.25, 0.3) is 0 Å². The van der Waals surface area contributed by atoms with Gasteiger partial charge in [0.15, 0.2) is 0 Å². The van der Waals surface area contributed by atoms with E-state index in [0.717, 1.165) is 11.3 Å². The van der Waals surface area contributed by atoms with Crippen LogP contribution in [0.2, 0.25) is 0 Å². The van der Waals surface area contributed by atoms with Crippen LogP contribution in [0.5, 0.6) is 5.75 Å². The highest BCUT2D eigenvalue weighted by molar-refractivity contribution is 5.85. The van der Waals surface area contributed by atoms with Crippen molar-refractivity contribution in [2.45, 2.75) is 6.61 Å². The zero-order valence-corrected chi connectivity index (χ0v) is 8.42. The molecule has 14 heavy (non-hydrogen) atoms. The van der Waals surface area contributed by atoms with Gasteiger partial charge in [0.2, 0.25) is 0 Å². The number of hydrogen-bond acceptors (Lipinski definition) is 3. The van der Waals surface area contributed by atoms with Crippen LogP contribution in [0.3, 0.4) is 0 Å². The van der Waals surface area contributed by atoms with Gasteiger partial charge >= 0.3 is 0 Å². The fourth-order valence-electron chi connectivity index (χ4n) is 0.903. The van der Waals surface area contributed by atoms with Crippen LogP contribution < -0.4 is 10.6 Å². The molecule has 4 heteroatoms. The summed E-state index contributed by atoms with van der Waals surface area (Å²) < 4.78 is 5.18. The second-order valence-corrected chi connectivity index (χ2v) is 2.45. The van der Waals surface area contributed by atoms with Gasteiger partial charge in [-0.05, 0) is 17.7 Å². The number of nitrogens with two attached hydrogens (primary N) is 1. The lowest BCUT2D eigenvalue weighted by Crippen LogP contribution is -1.99. The quantitative estimate of drug-likeness (QED) is 0.609. The Morgan fingerprint density at radius 2 is 1.93 bits per heavy atom. The van der Waals surface area contributed by atoms with E-state index in [1.807, 2.05) is 24.3 Å². The van der Waals surface area contributed by atoms with E-state index < -0.39 is 0 Å². The SMILES string of the molecule is C#CCOc1ccc(CON)cc1.Cl. The highest BCUT2D eigenvalue weighted by Crippen LogP contribution is 2.11. The van der Waals surface area contributed by atoms with Crippen LogP contribution >= 0.6 is 12.4 Å². The number of rotatable bonds is 4. The van der Waals surface area contributed by atoms with Crippen molar-refractivity contribution < 1.29 is 9.57 Å². The minimum absolute atomic E-state index is 0. The maximum Gasteiger partial charge on any atom is 0.148 e. The summed E-state index contributed by atoms with van der Waals surface area (Å²) >= 11 is 0. The first-order valence-electron chi connectivity index (χ1n) is 3.83. The van der Waals surface area contributed by atoms with Crippen molar-refractivity contribution in [3.63, 3.8) is 0 Å². The van der Waals surface area contributed by atoms with E-state index in [0.29, 0.717) is 6.61 Å². The van der Waals surface area contributed by atoms with Crippen molar-refractivity contribution >= 4 is 12.4 Å². The Morgan fingerprint density at radius 1 is 1.29 bits per heavy atom. The standard InChI is InChI=1S/C10H11NO2.ClH/c1-2-7-12-10-5-3-9(4-6-10)8-13-11;/h1,3-6H,7-8,11H2;1H. The van der Waals surface area contributed by atoms with Crippen LogP contribution in [0.15, 0.2) is 24.3 Å². The molecule has 0 atom stereocenters. The van der Waals surface area contributed by atoms with Gasteiger partial charge in [-0.1, -0.05) is 18.1 Å². The predicted molar refractivity (Wildman–Crippen MR) is 57.0 cm³/mol. The van der Waals surface area contributed by atoms with Crippen molar-refractivity contribution in [2.24, 2.45) is 5.90 Å². The zero-order valence-electron chi connectivity index (χ0n) is 7.60. The van der Waals surface area contributed by atoms with Gasteiger partial charge in [0, 0.05) is 0 Å². The lowest BCUT2D eigenvalue weighted by Gasteiger charge is -2.03. The van der Waals surface area contributed by atoms with Crippen molar-refractivity contribution in [3.8, 4) is 18.1 Å². The molecule has 0 unspecified atom stereocenters. The summed E-state index contributed by atoms with van der Waals surface area (Å²) in [6.07, 6.45) is 5.04. The van der Waals surface area contributed by atoms with E-state index >= 15 is 0 Å². The second kappa shape index (κ2) is 7.22. The summed E-state index contributed by atoms with van der Waals surface area (Å²) in [6.45, 7) is 0.683. The van der Waals surface area contributed by atoms with Gasteiger partial charge in [0.05, 0.1) is 6.61 Å². The van der Waals surface area contributed by atoms with Crippen molar-refractivity contribution in [1.29, 1.82) is 0 Å². The third kappa shape index (κ3) is 4.15. The van der Waals surface area contributed by atoms with E-state index in [9.17, 15) is 0 Å². The first-order valence-corrected chi connectivity index (χ1v) is 3.83. The van der Waals surface area contributed by atoms with Crippen LogP contribution in [0.4, 0.5) is 0 Å². The molecule has 76 valence electrons. The average molecular weight is 214 g/mol. The van der Waals surface area contributed by atoms with Crippen LogP contribution in [0.25, 0.3) is 0 Å². The molecule has 0 saturated carbocycles. The van der Waals surface area contributed by atoms with Gasteiger partial charge < -0.3 is 4.74 Å². The summed E-state index contributed by atoms with van der Waals surface area (Å²) in [6, 6.07) is 7.40. The Kier molecular flexibility index (Phi) is 6.59. The highest BCUT2D eigenvalue weighted by atomic mass is 35.5. The van der Waals surface area contributed by atoms with Gasteiger partial charge in [-0.3, -0.25) is 4.84 Å². The van der Waals surface area contributed by atoms with Crippen LogP contribution in [0, 0.1) is 12.3 Å². The predicted octanol–water partition coefficient (Wildman–Crippen LogP) is 1.51. The lowest BCUT2D eigenvalue weighted by molar-refractivity contribution is 0.124. The average Bonchev–Trinajstić information content (AvgIpc) is 2.17. The maximum absolute atomic E-state index is 5.18. The van der Waals surface area contributed by atoms with Crippen molar-refractivity contribution in [3.05, 3.63) is 29.8 Å². The number of ether oxygens (including phenoxy) is 1. The molecule has 0 aliphatic heterocycles. The molecule has 1 aromatic carbocycles. The number of benzene rings is 1. The molecule has 0 spiro atoms. The smallest absolute Gasteiger partial charge is 0.148 e. The van der Waals surface area contributed by atoms with E-state index in [-0.39, 0.29) is 19.0 Å². The molecular formula is C10H12ClNO2. The van der Waals surface area contributed by atoms with Gasteiger partial charge in [0.1, 0.15) is 12.4 Å². The lowest BCUT2D eigenvalue weighted by atomic mass is 10.2. The summed E-state index contributed by atoms with van der Waals surface area (Å²) in [5.74, 6) is 8.06. The van der Waals surface area contributed by atoms with E-state index in [4.69, 9.17) is 17.1 Å². The molecule has 2 N–H and O–H groups in total. The monoisotopic (exact) mass is 213 g/mol. The third-order valence-electron chi connectivity index (χ3n) is 1.50. The number of hydrogen-bond donors (Lipinski definition) is 1. The molecule has 0 aromatic heterocycles. The highest BCUT2D eigenvalue weighted by Gasteiger charge is 1.93. The molecule has 3 nitrogen and oxygen atoms in total. The van der Waals surface area contributed by atoms with Crippen LogP contribution in [-0.4, -0.2) is 6.61 Å². The molecular weight excluding hydrogens is 202 g/mol. The zero-order chi connectivity index (χ0) is 9.52. The Balaban J connectivity index is 0.00000169. The molecule has 0 saturated heterocycles. The van der Waals surface area contributed by atoms with Gasteiger partial charge in [-0.15, -0.1) is 18.8 Å². The molecule has 0 aliphatic carbocycles. The maximum atomic E-state index is 5.18. The molecule has 0 heterocycles. The van der Waals surface area contributed by atoms with E-state index in [1.54, 1.807) is 0 Å². The Hall–Kier alpha value is -1.21. The normalized spacial score (nSPS) is 8.57. The topological polar surface area (TPSA) is 44.5 Å². The van der Waals surface area contributed by atoms with Gasteiger partial charge in [-0.25, -0.2) is 5.90 Å². The van der Waals surface area contributed by atoms with Crippen molar-refractivity contribution in [1.82, 2.24) is 0 Å². The molecule has 0 radical (unpaired) electrons. The largest absolute Gasteiger partial charge is 0.481 e. The Labute approximate surface area is 89.6 Å². The summed E-state index contributed by atoms with van der Waals surface area (Å²) in [5.41, 5.74) is 0.996. The summed E-state index contributed by atoms with van der Waals surface area (Å²) in [4.78, 5) is 4.48. The summed E-state index contributed by atoms with van der Waals surface area (Å²) in [7, 11) is 0. The fourth-order valence-corrected chi connectivity index (χ4v) is 0.903. The third-order valence-corrected chi connectivity index (χ3v) is 1.50. The number of halogens is 1. The first kappa shape index (κ1) is 12.8. The van der Waals surface area contributed by atoms with Crippen LogP contribution in [-0.2, 0) is 11.4 Å². The Morgan fingerprint density at radius 3 is 2.43 bits per heavy atom. The second-order valence-electron chi connectivity index (χ2n) is 2.45.